The van der Waals surface area contributed by atoms with Crippen molar-refractivity contribution in [3.63, 3.8) is 0 Å². The molecule has 140 valence electrons. The molecule has 0 heterocycles. The third-order valence-electron chi connectivity index (χ3n) is 4.12. The lowest BCUT2D eigenvalue weighted by molar-refractivity contribution is 0.571. The summed E-state index contributed by atoms with van der Waals surface area (Å²) in [5, 5.41) is 8.88. The summed E-state index contributed by atoms with van der Waals surface area (Å²) >= 11 is 0. The molecule has 0 spiro atoms. The molecule has 2 aromatic rings. The fraction of sp³-hybridized carbons (Fsp3) is 0.316. The fourth-order valence-corrected chi connectivity index (χ4v) is 3.83. The third kappa shape index (κ3) is 5.29. The number of nitrogens with zero attached hydrogens (tertiary/aromatic N) is 1. The highest BCUT2D eigenvalue weighted by molar-refractivity contribution is 7.89. The molecule has 0 aliphatic heterocycles. The van der Waals surface area contributed by atoms with E-state index in [2.05, 4.69) is 18.6 Å². The molecule has 2 aromatic carbocycles. The van der Waals surface area contributed by atoms with Crippen LogP contribution < -0.4 is 10.5 Å². The van der Waals surface area contributed by atoms with Gasteiger partial charge in [-0.15, -0.1) is 12.4 Å². The molecule has 0 fully saturated rings. The average molecular weight is 394 g/mol. The molecule has 0 aliphatic rings. The highest BCUT2D eigenvalue weighted by Crippen LogP contribution is 2.19. The summed E-state index contributed by atoms with van der Waals surface area (Å²) in [6.45, 7) is 5.99. The van der Waals surface area contributed by atoms with Crippen LogP contribution in [-0.4, -0.2) is 15.0 Å². The molecule has 1 atom stereocenters. The van der Waals surface area contributed by atoms with Gasteiger partial charge in [-0.3, -0.25) is 0 Å². The first-order valence-electron chi connectivity index (χ1n) is 8.10. The number of sulfonamides is 1. The Labute approximate surface area is 161 Å². The van der Waals surface area contributed by atoms with Gasteiger partial charge in [-0.1, -0.05) is 38.1 Å². The van der Waals surface area contributed by atoms with Crippen molar-refractivity contribution in [1.29, 1.82) is 5.26 Å². The zero-order chi connectivity index (χ0) is 18.6. The van der Waals surface area contributed by atoms with Crippen LogP contribution in [0.4, 0.5) is 0 Å². The topological polar surface area (TPSA) is 96.0 Å². The van der Waals surface area contributed by atoms with E-state index in [1.165, 1.54) is 17.7 Å². The molecule has 26 heavy (non-hydrogen) atoms. The molecule has 0 aliphatic carbocycles. The quantitative estimate of drug-likeness (QED) is 0.786. The van der Waals surface area contributed by atoms with Crippen LogP contribution in [0.25, 0.3) is 0 Å². The standard InChI is InChI=1S/C19H23N3O2S.ClH/c1-13(2)16-5-7-17(8-6-16)18(21)12-22-25(23,24)19-9-4-15(11-20)10-14(19)3;/h4-10,13,18,22H,12,21H2,1-3H3;1H. The summed E-state index contributed by atoms with van der Waals surface area (Å²) in [5.41, 5.74) is 9.17. The highest BCUT2D eigenvalue weighted by atomic mass is 35.5. The van der Waals surface area contributed by atoms with Gasteiger partial charge in [0, 0.05) is 12.6 Å². The normalized spacial score (nSPS) is 12.3. The van der Waals surface area contributed by atoms with Crippen molar-refractivity contribution < 1.29 is 8.42 Å². The van der Waals surface area contributed by atoms with Crippen molar-refractivity contribution in [1.82, 2.24) is 4.72 Å². The fourth-order valence-electron chi connectivity index (χ4n) is 2.54. The number of hydrogen-bond donors (Lipinski definition) is 2. The SMILES string of the molecule is Cc1cc(C#N)ccc1S(=O)(=O)NCC(N)c1ccc(C(C)C)cc1.Cl. The number of benzene rings is 2. The Morgan fingerprint density at radius 2 is 1.69 bits per heavy atom. The predicted molar refractivity (Wildman–Crippen MR) is 106 cm³/mol. The number of nitrogens with two attached hydrogens (primary N) is 1. The molecule has 7 heteroatoms. The molecule has 1 unspecified atom stereocenters. The molecule has 0 bridgehead atoms. The van der Waals surface area contributed by atoms with Gasteiger partial charge in [0.15, 0.2) is 0 Å². The van der Waals surface area contributed by atoms with E-state index < -0.39 is 16.1 Å². The van der Waals surface area contributed by atoms with Crippen molar-refractivity contribution >= 4 is 22.4 Å². The molecule has 0 amide bonds. The molecule has 5 nitrogen and oxygen atoms in total. The van der Waals surface area contributed by atoms with Crippen molar-refractivity contribution in [2.75, 3.05) is 6.54 Å². The number of nitriles is 1. The van der Waals surface area contributed by atoms with Crippen LogP contribution in [0.2, 0.25) is 0 Å². The average Bonchev–Trinajstić information content (AvgIpc) is 2.59. The molecule has 2 rings (SSSR count). The Balaban J connectivity index is 0.00000338. The molecule has 0 saturated carbocycles. The minimum Gasteiger partial charge on any atom is -0.323 e. The Hall–Kier alpha value is -1.91. The summed E-state index contributed by atoms with van der Waals surface area (Å²) in [4.78, 5) is 0.161. The second-order valence-electron chi connectivity index (χ2n) is 6.37. The number of halogens is 1. The van der Waals surface area contributed by atoms with Crippen LogP contribution in [0.3, 0.4) is 0 Å². The van der Waals surface area contributed by atoms with Crippen LogP contribution in [0.5, 0.6) is 0 Å². The molecule has 3 N–H and O–H groups in total. The maximum Gasteiger partial charge on any atom is 0.240 e. The van der Waals surface area contributed by atoms with Crippen LogP contribution in [0.1, 0.15) is 48.1 Å². The van der Waals surface area contributed by atoms with E-state index in [1.807, 2.05) is 30.3 Å². The lowest BCUT2D eigenvalue weighted by atomic mass is 9.99. The van der Waals surface area contributed by atoms with E-state index in [0.717, 1.165) is 5.56 Å². The summed E-state index contributed by atoms with van der Waals surface area (Å²) in [6, 6.07) is 13.9. The predicted octanol–water partition coefficient (Wildman–Crippen LogP) is 3.39. The second kappa shape index (κ2) is 9.15. The highest BCUT2D eigenvalue weighted by Gasteiger charge is 2.18. The zero-order valence-corrected chi connectivity index (χ0v) is 16.7. The van der Waals surface area contributed by atoms with Gasteiger partial charge in [-0.2, -0.15) is 5.26 Å². The van der Waals surface area contributed by atoms with Crippen LogP contribution >= 0.6 is 12.4 Å². The van der Waals surface area contributed by atoms with E-state index in [-0.39, 0.29) is 23.8 Å². The van der Waals surface area contributed by atoms with Crippen molar-refractivity contribution in [2.45, 2.75) is 37.6 Å². The summed E-state index contributed by atoms with van der Waals surface area (Å²) in [6.07, 6.45) is 0. The van der Waals surface area contributed by atoms with Gasteiger partial charge in [0.05, 0.1) is 16.5 Å². The van der Waals surface area contributed by atoms with Crippen molar-refractivity contribution in [3.05, 3.63) is 64.7 Å². The molecule has 0 radical (unpaired) electrons. The third-order valence-corrected chi connectivity index (χ3v) is 5.70. The van der Waals surface area contributed by atoms with Gasteiger partial charge in [0.1, 0.15) is 0 Å². The monoisotopic (exact) mass is 393 g/mol. The van der Waals surface area contributed by atoms with Crippen LogP contribution in [0.15, 0.2) is 47.4 Å². The maximum absolute atomic E-state index is 12.5. The maximum atomic E-state index is 12.5. The Morgan fingerprint density at radius 3 is 2.19 bits per heavy atom. The van der Waals surface area contributed by atoms with Gasteiger partial charge >= 0.3 is 0 Å². The lowest BCUT2D eigenvalue weighted by Gasteiger charge is -2.15. The molecular formula is C19H24ClN3O2S. The van der Waals surface area contributed by atoms with Gasteiger partial charge in [0.25, 0.3) is 0 Å². The largest absolute Gasteiger partial charge is 0.323 e. The van der Waals surface area contributed by atoms with Crippen molar-refractivity contribution in [2.24, 2.45) is 5.73 Å². The molecular weight excluding hydrogens is 370 g/mol. The number of aryl methyl sites for hydroxylation is 1. The Morgan fingerprint density at radius 1 is 1.12 bits per heavy atom. The first kappa shape index (κ1) is 22.1. The van der Waals surface area contributed by atoms with Crippen LogP contribution in [-0.2, 0) is 10.0 Å². The van der Waals surface area contributed by atoms with E-state index in [4.69, 9.17) is 11.0 Å². The number of hydrogen-bond acceptors (Lipinski definition) is 4. The van der Waals surface area contributed by atoms with E-state index >= 15 is 0 Å². The summed E-state index contributed by atoms with van der Waals surface area (Å²) in [5.74, 6) is 0.433. The summed E-state index contributed by atoms with van der Waals surface area (Å²) in [7, 11) is -3.68. The van der Waals surface area contributed by atoms with E-state index in [1.54, 1.807) is 13.0 Å². The van der Waals surface area contributed by atoms with Gasteiger partial charge < -0.3 is 5.73 Å². The van der Waals surface area contributed by atoms with Gasteiger partial charge in [-0.05, 0) is 47.7 Å². The Bertz CT molecular complexity index is 888. The molecule has 0 saturated heterocycles. The van der Waals surface area contributed by atoms with E-state index in [0.29, 0.717) is 17.0 Å². The smallest absolute Gasteiger partial charge is 0.240 e. The van der Waals surface area contributed by atoms with Crippen LogP contribution in [0, 0.1) is 18.3 Å². The second-order valence-corrected chi connectivity index (χ2v) is 8.11. The minimum atomic E-state index is -3.68. The lowest BCUT2D eigenvalue weighted by Crippen LogP contribution is -2.32. The van der Waals surface area contributed by atoms with Crippen molar-refractivity contribution in [3.8, 4) is 6.07 Å². The van der Waals surface area contributed by atoms with Gasteiger partial charge in [0.2, 0.25) is 10.0 Å². The first-order chi connectivity index (χ1) is 11.7. The summed E-state index contributed by atoms with van der Waals surface area (Å²) < 4.78 is 27.5. The van der Waals surface area contributed by atoms with E-state index in [9.17, 15) is 8.42 Å². The molecule has 0 aromatic heterocycles. The Kier molecular flexibility index (Phi) is 7.79. The number of rotatable bonds is 6. The first-order valence-corrected chi connectivity index (χ1v) is 9.58. The number of nitrogens with one attached hydrogen (secondary N) is 1. The minimum absolute atomic E-state index is 0. The van der Waals surface area contributed by atoms with Gasteiger partial charge in [-0.25, -0.2) is 13.1 Å². The zero-order valence-electron chi connectivity index (χ0n) is 15.1.